The summed E-state index contributed by atoms with van der Waals surface area (Å²) >= 11 is 0. The monoisotopic (exact) mass is 287 g/mol. The lowest BCUT2D eigenvalue weighted by Crippen LogP contribution is -2.28. The highest BCUT2D eigenvalue weighted by atomic mass is 15.2. The minimum absolute atomic E-state index is 0.768. The third-order valence-electron chi connectivity index (χ3n) is 4.45. The zero-order valence-electron chi connectivity index (χ0n) is 13.6. The maximum absolute atomic E-state index is 4.89. The first-order valence-electron chi connectivity index (χ1n) is 8.76. The molecule has 3 rings (SSSR count). The van der Waals surface area contributed by atoms with Crippen LogP contribution in [0.3, 0.4) is 0 Å². The van der Waals surface area contributed by atoms with Gasteiger partial charge in [-0.25, -0.2) is 4.98 Å². The molecule has 2 aliphatic carbocycles. The molecule has 1 heterocycles. The van der Waals surface area contributed by atoms with Crippen molar-refractivity contribution in [1.29, 1.82) is 0 Å². The average molecular weight is 287 g/mol. The molecular weight excluding hydrogens is 258 g/mol. The molecule has 0 amide bonds. The van der Waals surface area contributed by atoms with Crippen molar-refractivity contribution in [2.45, 2.75) is 65.0 Å². The molecule has 2 aliphatic rings. The molecule has 0 aromatic carbocycles. The quantitative estimate of drug-likeness (QED) is 0.753. The maximum Gasteiger partial charge on any atom is 0.129 e. The Bertz CT molecular complexity index is 464. The number of aryl methyl sites for hydroxylation is 1. The summed E-state index contributed by atoms with van der Waals surface area (Å²) in [5, 5.41) is 3.63. The normalized spacial score (nSPS) is 18.0. The van der Waals surface area contributed by atoms with E-state index >= 15 is 0 Å². The van der Waals surface area contributed by atoms with Crippen LogP contribution < -0.4 is 10.2 Å². The van der Waals surface area contributed by atoms with Crippen LogP contribution in [0.15, 0.2) is 12.1 Å². The smallest absolute Gasteiger partial charge is 0.129 e. The predicted molar refractivity (Wildman–Crippen MR) is 88.7 cm³/mol. The number of nitrogens with zero attached hydrogens (tertiary/aromatic N) is 2. The fourth-order valence-electron chi connectivity index (χ4n) is 2.81. The van der Waals surface area contributed by atoms with Crippen molar-refractivity contribution >= 4 is 5.82 Å². The van der Waals surface area contributed by atoms with Crippen molar-refractivity contribution in [3.8, 4) is 0 Å². The van der Waals surface area contributed by atoms with Crippen LogP contribution in [0.1, 0.15) is 57.2 Å². The van der Waals surface area contributed by atoms with Crippen LogP contribution >= 0.6 is 0 Å². The van der Waals surface area contributed by atoms with Gasteiger partial charge in [0.25, 0.3) is 0 Å². The molecule has 1 aromatic heterocycles. The highest BCUT2D eigenvalue weighted by Crippen LogP contribution is 2.31. The van der Waals surface area contributed by atoms with Crippen LogP contribution in [-0.4, -0.2) is 24.1 Å². The summed E-state index contributed by atoms with van der Waals surface area (Å²) in [6, 6.07) is 5.36. The number of nitrogens with one attached hydrogen (secondary N) is 1. The molecule has 21 heavy (non-hydrogen) atoms. The molecule has 2 saturated carbocycles. The largest absolute Gasteiger partial charge is 0.356 e. The van der Waals surface area contributed by atoms with Gasteiger partial charge >= 0.3 is 0 Å². The molecule has 0 spiro atoms. The van der Waals surface area contributed by atoms with Crippen LogP contribution in [0.5, 0.6) is 0 Å². The van der Waals surface area contributed by atoms with Crippen LogP contribution in [0.4, 0.5) is 5.82 Å². The molecule has 0 saturated heterocycles. The third kappa shape index (κ3) is 4.44. The Morgan fingerprint density at radius 3 is 2.62 bits per heavy atom. The van der Waals surface area contributed by atoms with Crippen molar-refractivity contribution in [3.63, 3.8) is 0 Å². The molecule has 3 nitrogen and oxygen atoms in total. The Kier molecular flexibility index (Phi) is 4.79. The van der Waals surface area contributed by atoms with Crippen LogP contribution in [0.2, 0.25) is 0 Å². The lowest BCUT2D eigenvalue weighted by Gasteiger charge is -2.24. The number of rotatable bonds is 9. The molecule has 0 radical (unpaired) electrons. The second-order valence-corrected chi connectivity index (χ2v) is 6.72. The minimum atomic E-state index is 0.768. The van der Waals surface area contributed by atoms with Crippen molar-refractivity contribution in [2.75, 3.05) is 18.0 Å². The second-order valence-electron chi connectivity index (χ2n) is 6.72. The fraction of sp³-hybridized carbons (Fsp3) is 0.722. The second kappa shape index (κ2) is 6.78. The van der Waals surface area contributed by atoms with E-state index in [0.717, 1.165) is 31.5 Å². The maximum atomic E-state index is 4.89. The molecule has 3 heteroatoms. The highest BCUT2D eigenvalue weighted by molar-refractivity contribution is 5.43. The number of hydrogen-bond acceptors (Lipinski definition) is 3. The Hall–Kier alpha value is -1.09. The first kappa shape index (κ1) is 14.8. The summed E-state index contributed by atoms with van der Waals surface area (Å²) in [6.45, 7) is 7.79. The van der Waals surface area contributed by atoms with E-state index in [-0.39, 0.29) is 0 Å². The van der Waals surface area contributed by atoms with E-state index in [1.54, 1.807) is 0 Å². The lowest BCUT2D eigenvalue weighted by atomic mass is 10.1. The minimum Gasteiger partial charge on any atom is -0.356 e. The third-order valence-corrected chi connectivity index (χ3v) is 4.45. The van der Waals surface area contributed by atoms with Crippen molar-refractivity contribution < 1.29 is 0 Å². The summed E-state index contributed by atoms with van der Waals surface area (Å²) < 4.78 is 0. The van der Waals surface area contributed by atoms with Gasteiger partial charge in [-0.1, -0.05) is 13.8 Å². The number of hydrogen-bond donors (Lipinski definition) is 1. The van der Waals surface area contributed by atoms with E-state index in [1.807, 2.05) is 0 Å². The van der Waals surface area contributed by atoms with Crippen LogP contribution in [-0.2, 0) is 13.0 Å². The fourth-order valence-corrected chi connectivity index (χ4v) is 2.81. The zero-order chi connectivity index (χ0) is 14.7. The van der Waals surface area contributed by atoms with Gasteiger partial charge in [-0.05, 0) is 62.1 Å². The van der Waals surface area contributed by atoms with E-state index in [4.69, 9.17) is 4.98 Å². The Morgan fingerprint density at radius 2 is 2.00 bits per heavy atom. The Morgan fingerprint density at radius 1 is 1.19 bits per heavy atom. The molecule has 1 aromatic rings. The van der Waals surface area contributed by atoms with Gasteiger partial charge in [-0.15, -0.1) is 0 Å². The molecule has 0 atom stereocenters. The van der Waals surface area contributed by atoms with Crippen molar-refractivity contribution in [3.05, 3.63) is 23.4 Å². The van der Waals surface area contributed by atoms with E-state index in [1.165, 1.54) is 55.7 Å². The summed E-state index contributed by atoms with van der Waals surface area (Å²) in [7, 11) is 0. The first-order chi connectivity index (χ1) is 10.3. The average Bonchev–Trinajstić information content (AvgIpc) is 3.38. The Balaban J connectivity index is 1.74. The van der Waals surface area contributed by atoms with Crippen LogP contribution in [0.25, 0.3) is 0 Å². The standard InChI is InChI=1S/C18H29N3/c1-3-9-21(13-14-5-6-14)18-11-15(10-16(4-2)20-18)12-19-17-7-8-17/h10-11,14,17,19H,3-9,12-13H2,1-2H3. The molecular formula is C18H29N3. The molecule has 0 aliphatic heterocycles. The van der Waals surface area contributed by atoms with Gasteiger partial charge in [-0.2, -0.15) is 0 Å². The number of pyridine rings is 1. The van der Waals surface area contributed by atoms with Gasteiger partial charge in [0.15, 0.2) is 0 Å². The highest BCUT2D eigenvalue weighted by Gasteiger charge is 2.25. The first-order valence-corrected chi connectivity index (χ1v) is 8.76. The molecule has 0 unspecified atom stereocenters. The number of anilines is 1. The summed E-state index contributed by atoms with van der Waals surface area (Å²) in [5.74, 6) is 2.12. The van der Waals surface area contributed by atoms with E-state index < -0.39 is 0 Å². The molecule has 1 N–H and O–H groups in total. The summed E-state index contributed by atoms with van der Waals surface area (Å²) in [6.07, 6.45) is 7.73. The molecule has 2 fully saturated rings. The van der Waals surface area contributed by atoms with Gasteiger partial charge in [0, 0.05) is 31.4 Å². The van der Waals surface area contributed by atoms with Crippen molar-refractivity contribution in [1.82, 2.24) is 10.3 Å². The lowest BCUT2D eigenvalue weighted by molar-refractivity contribution is 0.677. The summed E-state index contributed by atoms with van der Waals surface area (Å²) in [4.78, 5) is 7.40. The molecule has 0 bridgehead atoms. The SMILES string of the molecule is CCCN(CC1CC1)c1cc(CNC2CC2)cc(CC)n1. The predicted octanol–water partition coefficient (Wildman–Crippen LogP) is 3.52. The Labute approximate surface area is 129 Å². The molecule has 116 valence electrons. The van der Waals surface area contributed by atoms with Gasteiger partial charge < -0.3 is 10.2 Å². The van der Waals surface area contributed by atoms with Crippen molar-refractivity contribution in [2.24, 2.45) is 5.92 Å². The van der Waals surface area contributed by atoms with E-state index in [9.17, 15) is 0 Å². The summed E-state index contributed by atoms with van der Waals surface area (Å²) in [5.41, 5.74) is 2.64. The van der Waals surface area contributed by atoms with Gasteiger partial charge in [0.1, 0.15) is 5.82 Å². The van der Waals surface area contributed by atoms with E-state index in [2.05, 4.69) is 36.2 Å². The topological polar surface area (TPSA) is 28.2 Å². The van der Waals surface area contributed by atoms with E-state index in [0.29, 0.717) is 0 Å². The zero-order valence-corrected chi connectivity index (χ0v) is 13.6. The number of aromatic nitrogens is 1. The van der Waals surface area contributed by atoms with Crippen LogP contribution in [0, 0.1) is 5.92 Å². The van der Waals surface area contributed by atoms with Gasteiger partial charge in [0.05, 0.1) is 0 Å². The van der Waals surface area contributed by atoms with Gasteiger partial charge in [-0.3, -0.25) is 0 Å². The van der Waals surface area contributed by atoms with Gasteiger partial charge in [0.2, 0.25) is 0 Å².